The molecule has 2 aromatic carbocycles. The van der Waals surface area contributed by atoms with Crippen LogP contribution < -0.4 is 20.1 Å². The summed E-state index contributed by atoms with van der Waals surface area (Å²) in [5.74, 6) is 2.08. The van der Waals surface area contributed by atoms with Crippen LogP contribution in [0, 0.1) is 0 Å². The zero-order valence-corrected chi connectivity index (χ0v) is 19.0. The number of carbonyl (C=O) groups excluding carboxylic acids is 1. The van der Waals surface area contributed by atoms with Crippen LogP contribution in [-0.2, 0) is 19.5 Å². The Bertz CT molecular complexity index is 921. The maximum absolute atomic E-state index is 12.0. The molecule has 0 fully saturated rings. The molecule has 0 aromatic heterocycles. The Morgan fingerprint density at radius 1 is 1.06 bits per heavy atom. The fraction of sp³-hybridized carbons (Fsp3) is 0.333. The van der Waals surface area contributed by atoms with Gasteiger partial charge >= 0.3 is 0 Å². The molecule has 1 amide bonds. The van der Waals surface area contributed by atoms with Crippen LogP contribution in [0.1, 0.15) is 27.0 Å². The molecule has 0 heterocycles. The number of carbonyl (C=O) groups is 1. The Hall–Kier alpha value is -3.48. The lowest BCUT2D eigenvalue weighted by Crippen LogP contribution is -2.36. The van der Waals surface area contributed by atoms with Crippen molar-refractivity contribution < 1.29 is 14.3 Å². The summed E-state index contributed by atoms with van der Waals surface area (Å²) in [6, 6.07) is 11.6. The second-order valence-corrected chi connectivity index (χ2v) is 7.16. The third-order valence-corrected chi connectivity index (χ3v) is 4.73. The number of methoxy groups -OCH3 is 2. The summed E-state index contributed by atoms with van der Waals surface area (Å²) >= 11 is 0. The van der Waals surface area contributed by atoms with Gasteiger partial charge < -0.3 is 25.0 Å². The van der Waals surface area contributed by atoms with Crippen LogP contribution in [0.15, 0.2) is 54.0 Å². The molecule has 0 radical (unpaired) electrons. The normalized spacial score (nSPS) is 10.9. The van der Waals surface area contributed by atoms with E-state index < -0.39 is 0 Å². The van der Waals surface area contributed by atoms with Crippen molar-refractivity contribution in [2.45, 2.75) is 19.5 Å². The van der Waals surface area contributed by atoms with Gasteiger partial charge in [0, 0.05) is 45.4 Å². The van der Waals surface area contributed by atoms with Gasteiger partial charge in [-0.05, 0) is 41.8 Å². The van der Waals surface area contributed by atoms with E-state index in [1.54, 1.807) is 40.3 Å². The van der Waals surface area contributed by atoms with Gasteiger partial charge in [0.1, 0.15) is 0 Å². The molecule has 7 nitrogen and oxygen atoms in total. The van der Waals surface area contributed by atoms with Gasteiger partial charge in [0.25, 0.3) is 5.91 Å². The fourth-order valence-corrected chi connectivity index (χ4v) is 3.13. The monoisotopic (exact) mass is 424 g/mol. The van der Waals surface area contributed by atoms with Crippen LogP contribution >= 0.6 is 0 Å². The van der Waals surface area contributed by atoms with Crippen molar-refractivity contribution in [2.75, 3.05) is 35.4 Å². The number of rotatable bonds is 9. The molecule has 31 heavy (non-hydrogen) atoms. The summed E-state index contributed by atoms with van der Waals surface area (Å²) in [5.41, 5.74) is 3.78. The summed E-state index contributed by atoms with van der Waals surface area (Å²) in [6.07, 6.45) is 2.53. The van der Waals surface area contributed by atoms with E-state index in [-0.39, 0.29) is 5.91 Å². The molecule has 0 bridgehead atoms. The Labute approximate surface area is 184 Å². The van der Waals surface area contributed by atoms with Gasteiger partial charge in [-0.25, -0.2) is 0 Å². The molecule has 2 N–H and O–H groups in total. The number of ether oxygens (including phenoxy) is 2. The molecule has 0 saturated carbocycles. The summed E-state index contributed by atoms with van der Waals surface area (Å²) in [5, 5.41) is 6.60. The SMILES string of the molecule is C=CCc1cc(CNC(=NC)NCc2ccc(C(=O)N(C)C)cc2)cc(OC)c1OC. The topological polar surface area (TPSA) is 75.2 Å². The number of amides is 1. The largest absolute Gasteiger partial charge is 0.493 e. The number of nitrogens with zero attached hydrogens (tertiary/aromatic N) is 2. The van der Waals surface area contributed by atoms with Crippen LogP contribution in [0.25, 0.3) is 0 Å². The maximum atomic E-state index is 12.0. The highest BCUT2D eigenvalue weighted by Gasteiger charge is 2.12. The highest BCUT2D eigenvalue weighted by Crippen LogP contribution is 2.33. The zero-order chi connectivity index (χ0) is 22.8. The van der Waals surface area contributed by atoms with Crippen LogP contribution in [0.4, 0.5) is 0 Å². The predicted molar refractivity (Wildman–Crippen MR) is 125 cm³/mol. The van der Waals surface area contributed by atoms with Gasteiger partial charge in [-0.3, -0.25) is 9.79 Å². The summed E-state index contributed by atoms with van der Waals surface area (Å²) in [7, 11) is 8.48. The molecule has 2 aromatic rings. The maximum Gasteiger partial charge on any atom is 0.253 e. The summed E-state index contributed by atoms with van der Waals surface area (Å²) < 4.78 is 11.0. The van der Waals surface area contributed by atoms with Gasteiger partial charge in [-0.1, -0.05) is 18.2 Å². The minimum atomic E-state index is -0.0114. The molecule has 0 aliphatic heterocycles. The number of nitrogens with one attached hydrogen (secondary N) is 2. The first-order valence-corrected chi connectivity index (χ1v) is 10.0. The van der Waals surface area contributed by atoms with E-state index in [2.05, 4.69) is 28.3 Å². The number of allylic oxidation sites excluding steroid dienone is 1. The number of aliphatic imine (C=N–C) groups is 1. The average Bonchev–Trinajstić information content (AvgIpc) is 2.78. The van der Waals surface area contributed by atoms with Crippen molar-refractivity contribution in [1.82, 2.24) is 15.5 Å². The van der Waals surface area contributed by atoms with Gasteiger partial charge in [0.05, 0.1) is 14.2 Å². The van der Waals surface area contributed by atoms with Gasteiger partial charge in [0.15, 0.2) is 17.5 Å². The highest BCUT2D eigenvalue weighted by atomic mass is 16.5. The second kappa shape index (κ2) is 11.6. The number of hydrogen-bond donors (Lipinski definition) is 2. The first kappa shape index (κ1) is 23.8. The lowest BCUT2D eigenvalue weighted by atomic mass is 10.1. The second-order valence-electron chi connectivity index (χ2n) is 7.16. The molecule has 0 unspecified atom stereocenters. The van der Waals surface area contributed by atoms with Crippen LogP contribution in [0.3, 0.4) is 0 Å². The Kier molecular flexibility index (Phi) is 8.94. The van der Waals surface area contributed by atoms with E-state index in [0.29, 0.717) is 36.8 Å². The van der Waals surface area contributed by atoms with E-state index in [0.717, 1.165) is 22.4 Å². The standard InChI is InChI=1S/C24H32N4O3/c1-7-8-20-13-18(14-21(30-5)22(20)31-6)16-27-24(25-2)26-15-17-9-11-19(12-10-17)23(29)28(3)4/h7,9-14H,1,8,15-16H2,2-6H3,(H2,25,26,27). The number of guanidine groups is 1. The van der Waals surface area contributed by atoms with Crippen molar-refractivity contribution in [3.8, 4) is 11.5 Å². The van der Waals surface area contributed by atoms with Crippen LogP contribution in [0.2, 0.25) is 0 Å². The fourth-order valence-electron chi connectivity index (χ4n) is 3.13. The van der Waals surface area contributed by atoms with Gasteiger partial charge in [-0.2, -0.15) is 0 Å². The minimum Gasteiger partial charge on any atom is -0.493 e. The smallest absolute Gasteiger partial charge is 0.253 e. The molecular formula is C24H32N4O3. The third-order valence-electron chi connectivity index (χ3n) is 4.73. The van der Waals surface area contributed by atoms with E-state index in [4.69, 9.17) is 9.47 Å². The van der Waals surface area contributed by atoms with Crippen molar-refractivity contribution in [3.63, 3.8) is 0 Å². The molecule has 0 saturated heterocycles. The molecule has 7 heteroatoms. The van der Waals surface area contributed by atoms with Crippen molar-refractivity contribution in [1.29, 1.82) is 0 Å². The minimum absolute atomic E-state index is 0.0114. The van der Waals surface area contributed by atoms with Crippen LogP contribution in [-0.4, -0.2) is 52.1 Å². The Morgan fingerprint density at radius 2 is 1.71 bits per heavy atom. The molecule has 2 rings (SSSR count). The van der Waals surface area contributed by atoms with Crippen molar-refractivity contribution in [2.24, 2.45) is 4.99 Å². The van der Waals surface area contributed by atoms with E-state index in [1.807, 2.05) is 36.4 Å². The number of benzene rings is 2. The van der Waals surface area contributed by atoms with E-state index in [1.165, 1.54) is 0 Å². The van der Waals surface area contributed by atoms with Crippen molar-refractivity contribution in [3.05, 3.63) is 71.3 Å². The quantitative estimate of drug-likeness (QED) is 0.368. The lowest BCUT2D eigenvalue weighted by Gasteiger charge is -2.16. The molecule has 0 atom stereocenters. The molecular weight excluding hydrogens is 392 g/mol. The van der Waals surface area contributed by atoms with Gasteiger partial charge in [-0.15, -0.1) is 6.58 Å². The van der Waals surface area contributed by atoms with Crippen molar-refractivity contribution >= 4 is 11.9 Å². The summed E-state index contributed by atoms with van der Waals surface area (Å²) in [6.45, 7) is 4.98. The highest BCUT2D eigenvalue weighted by molar-refractivity contribution is 5.93. The molecule has 0 aliphatic carbocycles. The molecule has 0 aliphatic rings. The first-order chi connectivity index (χ1) is 14.9. The Morgan fingerprint density at radius 3 is 2.23 bits per heavy atom. The van der Waals surface area contributed by atoms with E-state index in [9.17, 15) is 4.79 Å². The molecule has 166 valence electrons. The zero-order valence-electron chi connectivity index (χ0n) is 19.0. The summed E-state index contributed by atoms with van der Waals surface area (Å²) in [4.78, 5) is 17.8. The average molecular weight is 425 g/mol. The van der Waals surface area contributed by atoms with E-state index >= 15 is 0 Å². The predicted octanol–water partition coefficient (Wildman–Crippen LogP) is 3.00. The lowest BCUT2D eigenvalue weighted by molar-refractivity contribution is 0.0827. The molecule has 0 spiro atoms. The van der Waals surface area contributed by atoms with Crippen LogP contribution in [0.5, 0.6) is 11.5 Å². The first-order valence-electron chi connectivity index (χ1n) is 10.0. The van der Waals surface area contributed by atoms with Gasteiger partial charge in [0.2, 0.25) is 0 Å². The Balaban J connectivity index is 2.00. The number of hydrogen-bond acceptors (Lipinski definition) is 4. The third kappa shape index (κ3) is 6.50.